The molecular formula is C17H21N3O2S. The monoisotopic (exact) mass is 331 g/mol. The fourth-order valence-electron chi connectivity index (χ4n) is 2.76. The number of rotatable bonds is 3. The van der Waals surface area contributed by atoms with E-state index in [0.717, 1.165) is 18.5 Å². The van der Waals surface area contributed by atoms with Gasteiger partial charge in [-0.15, -0.1) is 11.3 Å². The van der Waals surface area contributed by atoms with Gasteiger partial charge >= 0.3 is 6.03 Å². The predicted molar refractivity (Wildman–Crippen MR) is 93.6 cm³/mol. The summed E-state index contributed by atoms with van der Waals surface area (Å²) in [7, 11) is 1.58. The first-order valence-electron chi connectivity index (χ1n) is 7.96. The molecule has 0 unspecified atom stereocenters. The summed E-state index contributed by atoms with van der Waals surface area (Å²) < 4.78 is 5.23. The molecule has 0 saturated heterocycles. The number of carbonyl (C=O) groups is 1. The molecule has 122 valence electrons. The number of aromatic nitrogens is 1. The van der Waals surface area contributed by atoms with Crippen molar-refractivity contribution in [1.82, 2.24) is 4.98 Å². The van der Waals surface area contributed by atoms with Crippen LogP contribution in [0.1, 0.15) is 36.3 Å². The van der Waals surface area contributed by atoms with Crippen molar-refractivity contribution in [2.75, 3.05) is 17.7 Å². The first-order valence-corrected chi connectivity index (χ1v) is 8.77. The van der Waals surface area contributed by atoms with Crippen LogP contribution < -0.4 is 15.4 Å². The number of amides is 2. The maximum absolute atomic E-state index is 12.2. The summed E-state index contributed by atoms with van der Waals surface area (Å²) in [5.41, 5.74) is 1.80. The van der Waals surface area contributed by atoms with E-state index in [2.05, 4.69) is 15.6 Å². The third-order valence-electron chi connectivity index (χ3n) is 3.92. The lowest BCUT2D eigenvalue weighted by Gasteiger charge is -2.09. The second kappa shape index (κ2) is 7.46. The second-order valence-corrected chi connectivity index (χ2v) is 6.67. The molecule has 0 atom stereocenters. The minimum atomic E-state index is -0.295. The molecule has 2 aromatic rings. The molecule has 5 nitrogen and oxygen atoms in total. The van der Waals surface area contributed by atoms with Crippen molar-refractivity contribution in [2.45, 2.75) is 38.5 Å². The van der Waals surface area contributed by atoms with Crippen LogP contribution in [0.4, 0.5) is 15.6 Å². The van der Waals surface area contributed by atoms with Crippen LogP contribution >= 0.6 is 11.3 Å². The van der Waals surface area contributed by atoms with Gasteiger partial charge in [0.1, 0.15) is 5.75 Å². The van der Waals surface area contributed by atoms with Crippen molar-refractivity contribution in [1.29, 1.82) is 0 Å². The summed E-state index contributed by atoms with van der Waals surface area (Å²) in [5, 5.41) is 6.32. The Balaban J connectivity index is 1.67. The van der Waals surface area contributed by atoms with Gasteiger partial charge in [0.05, 0.1) is 18.5 Å². The molecule has 2 N–H and O–H groups in total. The van der Waals surface area contributed by atoms with Gasteiger partial charge in [-0.2, -0.15) is 0 Å². The number of hydrogen-bond donors (Lipinski definition) is 2. The van der Waals surface area contributed by atoms with E-state index in [1.165, 1.54) is 30.6 Å². The van der Waals surface area contributed by atoms with Gasteiger partial charge in [-0.3, -0.25) is 5.32 Å². The highest BCUT2D eigenvalue weighted by molar-refractivity contribution is 7.15. The van der Waals surface area contributed by atoms with Crippen LogP contribution in [-0.2, 0) is 12.8 Å². The van der Waals surface area contributed by atoms with Gasteiger partial charge in [0.15, 0.2) is 5.13 Å². The van der Waals surface area contributed by atoms with E-state index in [4.69, 9.17) is 4.74 Å². The standard InChI is InChI=1S/C17H21N3O2S/c1-22-14-10-7-6-8-12(14)18-16(21)20-17-19-13-9-4-2-3-5-11-15(13)23-17/h6-8,10H,2-5,9,11H2,1H3,(H2,18,19,20,21). The van der Waals surface area contributed by atoms with E-state index < -0.39 is 0 Å². The van der Waals surface area contributed by atoms with E-state index in [-0.39, 0.29) is 6.03 Å². The Morgan fingerprint density at radius 3 is 2.74 bits per heavy atom. The molecule has 0 saturated carbocycles. The van der Waals surface area contributed by atoms with Gasteiger partial charge in [-0.1, -0.05) is 25.0 Å². The van der Waals surface area contributed by atoms with Gasteiger partial charge in [0.2, 0.25) is 0 Å². The van der Waals surface area contributed by atoms with Gasteiger partial charge in [0.25, 0.3) is 0 Å². The molecule has 2 amide bonds. The number of nitrogens with one attached hydrogen (secondary N) is 2. The first-order chi connectivity index (χ1) is 11.3. The number of fused-ring (bicyclic) bond motifs is 1. The van der Waals surface area contributed by atoms with Crippen molar-refractivity contribution in [3.05, 3.63) is 34.8 Å². The zero-order valence-corrected chi connectivity index (χ0v) is 14.0. The first kappa shape index (κ1) is 15.8. The zero-order chi connectivity index (χ0) is 16.1. The Kier molecular flexibility index (Phi) is 5.12. The van der Waals surface area contributed by atoms with Gasteiger partial charge in [-0.25, -0.2) is 9.78 Å². The number of anilines is 2. The molecule has 0 fully saturated rings. The lowest BCUT2D eigenvalue weighted by molar-refractivity contribution is 0.262. The highest BCUT2D eigenvalue weighted by Gasteiger charge is 2.15. The van der Waals surface area contributed by atoms with E-state index in [1.54, 1.807) is 24.5 Å². The predicted octanol–water partition coefficient (Wildman–Crippen LogP) is 4.45. The quantitative estimate of drug-likeness (QED) is 0.873. The number of methoxy groups -OCH3 is 1. The third-order valence-corrected chi connectivity index (χ3v) is 4.99. The van der Waals surface area contributed by atoms with E-state index in [1.807, 2.05) is 18.2 Å². The van der Waals surface area contributed by atoms with Crippen LogP contribution in [0.25, 0.3) is 0 Å². The lowest BCUT2D eigenvalue weighted by atomic mass is 10.0. The minimum absolute atomic E-state index is 0.295. The Hall–Kier alpha value is -2.08. The highest BCUT2D eigenvalue weighted by atomic mass is 32.1. The maximum atomic E-state index is 12.2. The molecule has 1 aliphatic rings. The Labute approximate surface area is 140 Å². The number of benzene rings is 1. The summed E-state index contributed by atoms with van der Waals surface area (Å²) in [6, 6.07) is 7.04. The molecular weight excluding hydrogens is 310 g/mol. The molecule has 1 aromatic carbocycles. The average molecular weight is 331 g/mol. The van der Waals surface area contributed by atoms with Crippen molar-refractivity contribution in [3.63, 3.8) is 0 Å². The molecule has 3 rings (SSSR count). The summed E-state index contributed by atoms with van der Waals surface area (Å²) in [6.45, 7) is 0. The van der Waals surface area contributed by atoms with E-state index >= 15 is 0 Å². The van der Waals surface area contributed by atoms with Gasteiger partial charge < -0.3 is 10.1 Å². The Morgan fingerprint density at radius 2 is 1.91 bits per heavy atom. The second-order valence-electron chi connectivity index (χ2n) is 5.58. The highest BCUT2D eigenvalue weighted by Crippen LogP contribution is 2.29. The average Bonchev–Trinajstić information content (AvgIpc) is 2.88. The Morgan fingerprint density at radius 1 is 1.13 bits per heavy atom. The molecule has 0 aliphatic heterocycles. The SMILES string of the molecule is COc1ccccc1NC(=O)Nc1nc2c(s1)CCCCCC2. The fourth-order valence-corrected chi connectivity index (χ4v) is 3.80. The summed E-state index contributed by atoms with van der Waals surface area (Å²) in [5.74, 6) is 0.633. The van der Waals surface area contributed by atoms with Crippen molar-refractivity contribution in [3.8, 4) is 5.75 Å². The number of para-hydroxylation sites is 2. The number of aryl methyl sites for hydroxylation is 2. The third kappa shape index (κ3) is 4.01. The molecule has 23 heavy (non-hydrogen) atoms. The number of urea groups is 1. The largest absolute Gasteiger partial charge is 0.495 e. The van der Waals surface area contributed by atoms with Crippen LogP contribution in [0.15, 0.2) is 24.3 Å². The van der Waals surface area contributed by atoms with Crippen LogP contribution in [0.5, 0.6) is 5.75 Å². The van der Waals surface area contributed by atoms with Gasteiger partial charge in [-0.05, 0) is 37.8 Å². The maximum Gasteiger partial charge on any atom is 0.325 e. The number of carbonyl (C=O) groups excluding carboxylic acids is 1. The molecule has 1 aliphatic carbocycles. The Bertz CT molecular complexity index is 659. The van der Waals surface area contributed by atoms with Crippen molar-refractivity contribution in [2.24, 2.45) is 0 Å². The van der Waals surface area contributed by atoms with Crippen molar-refractivity contribution >= 4 is 28.2 Å². The molecule has 0 radical (unpaired) electrons. The summed E-state index contributed by atoms with van der Waals surface area (Å²) in [6.07, 6.45) is 7.04. The number of ether oxygens (including phenoxy) is 1. The number of nitrogens with zero attached hydrogens (tertiary/aromatic N) is 1. The van der Waals surface area contributed by atoms with E-state index in [9.17, 15) is 4.79 Å². The van der Waals surface area contributed by atoms with Crippen molar-refractivity contribution < 1.29 is 9.53 Å². The summed E-state index contributed by atoms with van der Waals surface area (Å²) in [4.78, 5) is 18.1. The minimum Gasteiger partial charge on any atom is -0.495 e. The van der Waals surface area contributed by atoms with E-state index in [0.29, 0.717) is 16.6 Å². The molecule has 6 heteroatoms. The molecule has 1 aromatic heterocycles. The van der Waals surface area contributed by atoms with Crippen LogP contribution in [0.2, 0.25) is 0 Å². The van der Waals surface area contributed by atoms with Crippen LogP contribution in [0.3, 0.4) is 0 Å². The normalized spacial score (nSPS) is 14.3. The lowest BCUT2D eigenvalue weighted by Crippen LogP contribution is -2.19. The zero-order valence-electron chi connectivity index (χ0n) is 13.2. The fraction of sp³-hybridized carbons (Fsp3) is 0.412. The smallest absolute Gasteiger partial charge is 0.325 e. The van der Waals surface area contributed by atoms with Crippen LogP contribution in [0, 0.1) is 0 Å². The number of thiazole rings is 1. The number of hydrogen-bond acceptors (Lipinski definition) is 4. The van der Waals surface area contributed by atoms with Gasteiger partial charge in [0, 0.05) is 4.88 Å². The molecule has 1 heterocycles. The molecule has 0 bridgehead atoms. The molecule has 0 spiro atoms. The summed E-state index contributed by atoms with van der Waals surface area (Å²) >= 11 is 1.59. The topological polar surface area (TPSA) is 63.2 Å². The van der Waals surface area contributed by atoms with Crippen LogP contribution in [-0.4, -0.2) is 18.1 Å².